The molecular weight excluding hydrogens is 278 g/mol. The van der Waals surface area contributed by atoms with Crippen molar-refractivity contribution >= 4 is 23.2 Å². The zero-order valence-electron chi connectivity index (χ0n) is 11.6. The number of thiophene rings is 1. The van der Waals surface area contributed by atoms with Gasteiger partial charge in [-0.1, -0.05) is 6.92 Å². The van der Waals surface area contributed by atoms with Gasteiger partial charge in [0.1, 0.15) is 0 Å². The number of hydrogen-bond donors (Lipinski definition) is 2. The van der Waals surface area contributed by atoms with Gasteiger partial charge in [0.15, 0.2) is 6.10 Å². The maximum Gasteiger partial charge on any atom is 0.336 e. The molecule has 6 heteroatoms. The molecular formula is C14H19NO4S. The van der Waals surface area contributed by atoms with E-state index in [4.69, 9.17) is 0 Å². The molecule has 2 unspecified atom stereocenters. The van der Waals surface area contributed by atoms with Crippen molar-refractivity contribution in [2.45, 2.75) is 32.3 Å². The highest BCUT2D eigenvalue weighted by Gasteiger charge is 2.24. The second-order valence-corrected chi connectivity index (χ2v) is 6.11. The van der Waals surface area contributed by atoms with Crippen molar-refractivity contribution in [1.82, 2.24) is 5.32 Å². The van der Waals surface area contributed by atoms with Crippen LogP contribution in [0.25, 0.3) is 0 Å². The van der Waals surface area contributed by atoms with E-state index in [1.165, 1.54) is 12.0 Å². The first-order chi connectivity index (χ1) is 9.52. The van der Waals surface area contributed by atoms with Gasteiger partial charge in [-0.25, -0.2) is 4.79 Å². The zero-order chi connectivity index (χ0) is 14.7. The summed E-state index contributed by atoms with van der Waals surface area (Å²) in [5.74, 6) is -0.315. The third kappa shape index (κ3) is 3.19. The summed E-state index contributed by atoms with van der Waals surface area (Å²) >= 11 is 1.61. The van der Waals surface area contributed by atoms with E-state index in [-0.39, 0.29) is 12.5 Å². The third-order valence-corrected chi connectivity index (χ3v) is 4.63. The number of aliphatic hydroxyl groups excluding tert-OH is 1. The van der Waals surface area contributed by atoms with E-state index >= 15 is 0 Å². The average Bonchev–Trinajstić information content (AvgIpc) is 2.86. The largest absolute Gasteiger partial charge is 0.467 e. The summed E-state index contributed by atoms with van der Waals surface area (Å²) in [6.07, 6.45) is 1.72. The van der Waals surface area contributed by atoms with Crippen molar-refractivity contribution in [3.8, 4) is 0 Å². The molecule has 1 aliphatic rings. The van der Waals surface area contributed by atoms with E-state index < -0.39 is 12.1 Å². The number of esters is 1. The topological polar surface area (TPSA) is 75.6 Å². The van der Waals surface area contributed by atoms with Gasteiger partial charge in [-0.3, -0.25) is 4.79 Å². The minimum atomic E-state index is -1.32. The van der Waals surface area contributed by atoms with Crippen molar-refractivity contribution in [2.24, 2.45) is 5.92 Å². The molecule has 1 aliphatic carbocycles. The highest BCUT2D eigenvalue weighted by atomic mass is 32.1. The van der Waals surface area contributed by atoms with Crippen LogP contribution in [0, 0.1) is 5.92 Å². The van der Waals surface area contributed by atoms with E-state index in [0.717, 1.165) is 24.8 Å². The van der Waals surface area contributed by atoms with Crippen LogP contribution in [0.5, 0.6) is 0 Å². The quantitative estimate of drug-likeness (QED) is 0.817. The summed E-state index contributed by atoms with van der Waals surface area (Å²) in [6.45, 7) is 2.08. The zero-order valence-corrected chi connectivity index (χ0v) is 12.5. The van der Waals surface area contributed by atoms with Crippen molar-refractivity contribution < 1.29 is 19.4 Å². The SMILES string of the molecule is COC(=O)C(O)CNC(=O)c1csc2c1CCC(C)C2. The van der Waals surface area contributed by atoms with Crippen LogP contribution in [-0.2, 0) is 22.4 Å². The Morgan fingerprint density at radius 1 is 1.60 bits per heavy atom. The molecule has 0 fully saturated rings. The summed E-state index contributed by atoms with van der Waals surface area (Å²) in [5, 5.41) is 13.9. The second kappa shape index (κ2) is 6.37. The molecule has 5 nitrogen and oxygen atoms in total. The Morgan fingerprint density at radius 2 is 2.35 bits per heavy atom. The fourth-order valence-corrected chi connectivity index (χ4v) is 3.62. The average molecular weight is 297 g/mol. The molecule has 2 N–H and O–H groups in total. The fraction of sp³-hybridized carbons (Fsp3) is 0.571. The van der Waals surface area contributed by atoms with Crippen molar-refractivity contribution in [3.63, 3.8) is 0 Å². The molecule has 20 heavy (non-hydrogen) atoms. The lowest BCUT2D eigenvalue weighted by molar-refractivity contribution is -0.149. The first kappa shape index (κ1) is 15.0. The van der Waals surface area contributed by atoms with Gasteiger partial charge in [0.25, 0.3) is 5.91 Å². The van der Waals surface area contributed by atoms with Crippen LogP contribution in [0.2, 0.25) is 0 Å². The number of ether oxygens (including phenoxy) is 1. The number of fused-ring (bicyclic) bond motifs is 1. The molecule has 0 saturated heterocycles. The van der Waals surface area contributed by atoms with Crippen LogP contribution >= 0.6 is 11.3 Å². The molecule has 1 heterocycles. The second-order valence-electron chi connectivity index (χ2n) is 5.15. The highest BCUT2D eigenvalue weighted by Crippen LogP contribution is 2.32. The number of rotatable bonds is 4. The molecule has 0 saturated carbocycles. The Bertz CT molecular complexity index is 511. The molecule has 0 bridgehead atoms. The molecule has 110 valence electrons. The summed E-state index contributed by atoms with van der Waals surface area (Å²) in [5.41, 5.74) is 1.80. The minimum Gasteiger partial charge on any atom is -0.467 e. The van der Waals surface area contributed by atoms with Crippen molar-refractivity contribution in [3.05, 3.63) is 21.4 Å². The molecule has 1 aromatic heterocycles. The summed E-state index contributed by atoms with van der Waals surface area (Å²) < 4.78 is 4.40. The van der Waals surface area contributed by atoms with Crippen LogP contribution in [-0.4, -0.2) is 36.7 Å². The first-order valence-corrected chi connectivity index (χ1v) is 7.54. The molecule has 1 aromatic rings. The maximum absolute atomic E-state index is 12.1. The van der Waals surface area contributed by atoms with Crippen LogP contribution in [0.3, 0.4) is 0 Å². The number of carbonyl (C=O) groups excluding carboxylic acids is 2. The molecule has 0 aromatic carbocycles. The summed E-state index contributed by atoms with van der Waals surface area (Å²) in [6, 6.07) is 0. The van der Waals surface area contributed by atoms with Gasteiger partial charge in [0, 0.05) is 10.3 Å². The number of hydrogen-bond acceptors (Lipinski definition) is 5. The number of carbonyl (C=O) groups is 2. The van der Waals surface area contributed by atoms with Crippen LogP contribution < -0.4 is 5.32 Å². The van der Waals surface area contributed by atoms with Gasteiger partial charge in [-0.05, 0) is 30.7 Å². The number of amides is 1. The predicted octanol–water partition coefficient (Wildman–Crippen LogP) is 1.14. The van der Waals surface area contributed by atoms with Gasteiger partial charge in [-0.15, -0.1) is 11.3 Å². The van der Waals surface area contributed by atoms with Gasteiger partial charge in [0.05, 0.1) is 19.2 Å². The molecule has 2 atom stereocenters. The van der Waals surface area contributed by atoms with Crippen molar-refractivity contribution in [1.29, 1.82) is 0 Å². The van der Waals surface area contributed by atoms with Crippen molar-refractivity contribution in [2.75, 3.05) is 13.7 Å². The van der Waals surface area contributed by atoms with E-state index in [1.54, 1.807) is 11.3 Å². The Labute approximate surface area is 121 Å². The molecule has 2 rings (SSSR count). The molecule has 0 aliphatic heterocycles. The number of aliphatic hydroxyl groups is 1. The Morgan fingerprint density at radius 3 is 3.05 bits per heavy atom. The fourth-order valence-electron chi connectivity index (χ4n) is 2.37. The van der Waals surface area contributed by atoms with E-state index in [1.807, 2.05) is 5.38 Å². The molecule has 1 amide bonds. The Hall–Kier alpha value is -1.40. The number of methoxy groups -OCH3 is 1. The van der Waals surface area contributed by atoms with E-state index in [9.17, 15) is 14.7 Å². The lowest BCUT2D eigenvalue weighted by atomic mass is 9.88. The first-order valence-electron chi connectivity index (χ1n) is 6.66. The van der Waals surface area contributed by atoms with Crippen LogP contribution in [0.4, 0.5) is 0 Å². The minimum absolute atomic E-state index is 0.132. The van der Waals surface area contributed by atoms with E-state index in [2.05, 4.69) is 17.0 Å². The van der Waals surface area contributed by atoms with E-state index in [0.29, 0.717) is 11.5 Å². The standard InChI is InChI=1S/C14H19NO4S/c1-8-3-4-9-10(7-20-12(9)5-8)13(17)15-6-11(16)14(18)19-2/h7-8,11,16H,3-6H2,1-2H3,(H,15,17). The predicted molar refractivity (Wildman–Crippen MR) is 75.9 cm³/mol. The highest BCUT2D eigenvalue weighted by molar-refractivity contribution is 7.10. The maximum atomic E-state index is 12.1. The van der Waals surface area contributed by atoms with Crippen LogP contribution in [0.15, 0.2) is 5.38 Å². The Balaban J connectivity index is 1.99. The lowest BCUT2D eigenvalue weighted by Crippen LogP contribution is -2.37. The summed E-state index contributed by atoms with van der Waals surface area (Å²) in [4.78, 5) is 24.4. The van der Waals surface area contributed by atoms with Gasteiger partial charge < -0.3 is 15.2 Å². The molecule has 0 radical (unpaired) electrons. The third-order valence-electron chi connectivity index (χ3n) is 3.58. The van der Waals surface area contributed by atoms with Gasteiger partial charge >= 0.3 is 5.97 Å². The normalized spacial score (nSPS) is 19.1. The Kier molecular flexibility index (Phi) is 4.77. The summed E-state index contributed by atoms with van der Waals surface area (Å²) in [7, 11) is 1.20. The monoisotopic (exact) mass is 297 g/mol. The van der Waals surface area contributed by atoms with Gasteiger partial charge in [-0.2, -0.15) is 0 Å². The lowest BCUT2D eigenvalue weighted by Gasteiger charge is -2.19. The number of nitrogens with one attached hydrogen (secondary N) is 1. The van der Waals surface area contributed by atoms with Crippen LogP contribution in [0.1, 0.15) is 34.1 Å². The smallest absolute Gasteiger partial charge is 0.336 e. The van der Waals surface area contributed by atoms with Gasteiger partial charge in [0.2, 0.25) is 0 Å². The molecule has 0 spiro atoms.